The maximum absolute atomic E-state index is 6.08. The van der Waals surface area contributed by atoms with E-state index in [1.807, 2.05) is 12.1 Å². The number of hydrogen-bond acceptors (Lipinski definition) is 0. The smallest absolute Gasteiger partial charge is 0.0295 e. The SMILES string of the molecule is ClCC(Cc1cccc(Br)c1)c1ccccc1. The van der Waals surface area contributed by atoms with Gasteiger partial charge in [-0.2, -0.15) is 0 Å². The van der Waals surface area contributed by atoms with Gasteiger partial charge in [-0.1, -0.05) is 58.4 Å². The Hall–Kier alpha value is -0.790. The van der Waals surface area contributed by atoms with Crippen molar-refractivity contribution in [1.82, 2.24) is 0 Å². The number of rotatable bonds is 4. The van der Waals surface area contributed by atoms with Crippen molar-refractivity contribution in [1.29, 1.82) is 0 Å². The van der Waals surface area contributed by atoms with Crippen LogP contribution < -0.4 is 0 Å². The molecule has 0 aliphatic heterocycles. The Bertz CT molecular complexity index is 467. The molecule has 0 radical (unpaired) electrons. The highest BCUT2D eigenvalue weighted by Gasteiger charge is 2.10. The molecule has 0 N–H and O–H groups in total. The van der Waals surface area contributed by atoms with Gasteiger partial charge in [0.25, 0.3) is 0 Å². The Morgan fingerprint density at radius 3 is 2.41 bits per heavy atom. The van der Waals surface area contributed by atoms with Gasteiger partial charge < -0.3 is 0 Å². The molecule has 0 bridgehead atoms. The van der Waals surface area contributed by atoms with E-state index < -0.39 is 0 Å². The summed E-state index contributed by atoms with van der Waals surface area (Å²) in [6, 6.07) is 18.9. The lowest BCUT2D eigenvalue weighted by atomic mass is 9.94. The number of alkyl halides is 1. The molecule has 1 atom stereocenters. The zero-order valence-electron chi connectivity index (χ0n) is 9.44. The third kappa shape index (κ3) is 3.58. The molecule has 2 heteroatoms. The van der Waals surface area contributed by atoms with Gasteiger partial charge in [-0.3, -0.25) is 0 Å². The van der Waals surface area contributed by atoms with Crippen molar-refractivity contribution in [2.75, 3.05) is 5.88 Å². The van der Waals surface area contributed by atoms with Crippen LogP contribution in [0.5, 0.6) is 0 Å². The van der Waals surface area contributed by atoms with Crippen LogP contribution in [-0.2, 0) is 6.42 Å². The normalized spacial score (nSPS) is 12.4. The fraction of sp³-hybridized carbons (Fsp3) is 0.200. The van der Waals surface area contributed by atoms with Crippen molar-refractivity contribution < 1.29 is 0 Å². The van der Waals surface area contributed by atoms with Crippen LogP contribution in [-0.4, -0.2) is 5.88 Å². The zero-order valence-corrected chi connectivity index (χ0v) is 11.8. The fourth-order valence-corrected chi connectivity index (χ4v) is 2.67. The first-order chi connectivity index (χ1) is 8.29. The Balaban J connectivity index is 2.16. The number of benzene rings is 2. The summed E-state index contributed by atoms with van der Waals surface area (Å²) in [7, 11) is 0. The van der Waals surface area contributed by atoms with Crippen LogP contribution in [0.3, 0.4) is 0 Å². The van der Waals surface area contributed by atoms with Crippen molar-refractivity contribution in [3.05, 3.63) is 70.2 Å². The molecule has 0 aromatic heterocycles. The average Bonchev–Trinajstić information content (AvgIpc) is 2.37. The van der Waals surface area contributed by atoms with E-state index in [-0.39, 0.29) is 0 Å². The quantitative estimate of drug-likeness (QED) is 0.696. The van der Waals surface area contributed by atoms with E-state index in [9.17, 15) is 0 Å². The van der Waals surface area contributed by atoms with Gasteiger partial charge in [0.1, 0.15) is 0 Å². The molecule has 0 nitrogen and oxygen atoms in total. The molecule has 2 aromatic carbocycles. The molecular formula is C15H14BrCl. The molecule has 0 amide bonds. The van der Waals surface area contributed by atoms with Crippen molar-refractivity contribution in [2.24, 2.45) is 0 Å². The highest BCUT2D eigenvalue weighted by atomic mass is 79.9. The van der Waals surface area contributed by atoms with Crippen molar-refractivity contribution in [3.8, 4) is 0 Å². The van der Waals surface area contributed by atoms with Gasteiger partial charge in [0.2, 0.25) is 0 Å². The summed E-state index contributed by atoms with van der Waals surface area (Å²) < 4.78 is 1.12. The molecule has 0 saturated heterocycles. The fourth-order valence-electron chi connectivity index (χ4n) is 1.94. The Labute approximate surface area is 116 Å². The van der Waals surface area contributed by atoms with Crippen LogP contribution in [0.25, 0.3) is 0 Å². The summed E-state index contributed by atoms with van der Waals surface area (Å²) in [6.45, 7) is 0. The molecule has 2 aromatic rings. The highest BCUT2D eigenvalue weighted by molar-refractivity contribution is 9.10. The minimum Gasteiger partial charge on any atom is -0.126 e. The minimum atomic E-state index is 0.382. The molecule has 88 valence electrons. The van der Waals surface area contributed by atoms with Crippen LogP contribution in [0.15, 0.2) is 59.1 Å². The number of halogens is 2. The molecule has 0 aliphatic carbocycles. The maximum atomic E-state index is 6.08. The second-order valence-corrected chi connectivity index (χ2v) is 5.32. The Morgan fingerprint density at radius 2 is 1.76 bits per heavy atom. The molecule has 0 spiro atoms. The molecule has 2 rings (SSSR count). The van der Waals surface area contributed by atoms with Gasteiger partial charge in [-0.05, 0) is 29.7 Å². The monoisotopic (exact) mass is 308 g/mol. The van der Waals surface area contributed by atoms with Crippen LogP contribution in [0.1, 0.15) is 17.0 Å². The van der Waals surface area contributed by atoms with E-state index in [1.165, 1.54) is 11.1 Å². The predicted molar refractivity (Wildman–Crippen MR) is 77.7 cm³/mol. The predicted octanol–water partition coefficient (Wildman–Crippen LogP) is 5.01. The van der Waals surface area contributed by atoms with Gasteiger partial charge in [-0.25, -0.2) is 0 Å². The highest BCUT2D eigenvalue weighted by Crippen LogP contribution is 2.23. The van der Waals surface area contributed by atoms with Gasteiger partial charge >= 0.3 is 0 Å². The summed E-state index contributed by atoms with van der Waals surface area (Å²) in [6.07, 6.45) is 0.979. The van der Waals surface area contributed by atoms with Gasteiger partial charge in [-0.15, -0.1) is 11.6 Å². The molecule has 0 aliphatic rings. The van der Waals surface area contributed by atoms with E-state index >= 15 is 0 Å². The lowest BCUT2D eigenvalue weighted by molar-refractivity contribution is 0.766. The molecular weight excluding hydrogens is 296 g/mol. The molecule has 0 fully saturated rings. The van der Waals surface area contributed by atoms with Crippen LogP contribution in [0, 0.1) is 0 Å². The Morgan fingerprint density at radius 1 is 1.00 bits per heavy atom. The molecule has 1 unspecified atom stereocenters. The summed E-state index contributed by atoms with van der Waals surface area (Å²) in [5.74, 6) is 1.03. The first-order valence-electron chi connectivity index (χ1n) is 5.65. The summed E-state index contributed by atoms with van der Waals surface area (Å²) in [4.78, 5) is 0. The van der Waals surface area contributed by atoms with E-state index in [0.717, 1.165) is 10.9 Å². The van der Waals surface area contributed by atoms with E-state index in [0.29, 0.717) is 11.8 Å². The summed E-state index contributed by atoms with van der Waals surface area (Å²) in [5, 5.41) is 0. The van der Waals surface area contributed by atoms with Crippen LogP contribution >= 0.6 is 27.5 Å². The first kappa shape index (κ1) is 12.7. The minimum absolute atomic E-state index is 0.382. The lowest BCUT2D eigenvalue weighted by Gasteiger charge is -2.14. The third-order valence-electron chi connectivity index (χ3n) is 2.83. The van der Waals surface area contributed by atoms with Gasteiger partial charge in [0.15, 0.2) is 0 Å². The molecule has 0 saturated carbocycles. The third-order valence-corrected chi connectivity index (χ3v) is 3.69. The standard InChI is InChI=1S/C15H14BrCl/c16-15-8-4-5-12(10-15)9-14(11-17)13-6-2-1-3-7-13/h1-8,10,14H,9,11H2. The maximum Gasteiger partial charge on any atom is 0.0295 e. The zero-order chi connectivity index (χ0) is 12.1. The first-order valence-corrected chi connectivity index (χ1v) is 6.97. The van der Waals surface area contributed by atoms with Gasteiger partial charge in [0.05, 0.1) is 0 Å². The average molecular weight is 310 g/mol. The van der Waals surface area contributed by atoms with Gasteiger partial charge in [0, 0.05) is 16.3 Å². The van der Waals surface area contributed by atoms with E-state index in [4.69, 9.17) is 11.6 Å². The van der Waals surface area contributed by atoms with Crippen molar-refractivity contribution in [3.63, 3.8) is 0 Å². The van der Waals surface area contributed by atoms with Crippen molar-refractivity contribution in [2.45, 2.75) is 12.3 Å². The largest absolute Gasteiger partial charge is 0.126 e. The number of hydrogen-bond donors (Lipinski definition) is 0. The summed E-state index contributed by atoms with van der Waals surface area (Å²) in [5.41, 5.74) is 2.62. The Kier molecular flexibility index (Phi) is 4.64. The van der Waals surface area contributed by atoms with E-state index in [2.05, 4.69) is 58.4 Å². The topological polar surface area (TPSA) is 0 Å². The molecule has 0 heterocycles. The van der Waals surface area contributed by atoms with Crippen LogP contribution in [0.2, 0.25) is 0 Å². The lowest BCUT2D eigenvalue weighted by Crippen LogP contribution is -2.04. The molecule has 17 heavy (non-hydrogen) atoms. The second-order valence-electron chi connectivity index (χ2n) is 4.10. The second kappa shape index (κ2) is 6.23. The van der Waals surface area contributed by atoms with Crippen molar-refractivity contribution >= 4 is 27.5 Å². The van der Waals surface area contributed by atoms with E-state index in [1.54, 1.807) is 0 Å². The summed E-state index contributed by atoms with van der Waals surface area (Å²) >= 11 is 9.58. The van der Waals surface area contributed by atoms with Crippen LogP contribution in [0.4, 0.5) is 0 Å².